The number of ether oxygens (including phenoxy) is 1. The molecule has 0 saturated heterocycles. The molecule has 2 aromatic heterocycles. The predicted octanol–water partition coefficient (Wildman–Crippen LogP) is 3.36. The second-order valence-corrected chi connectivity index (χ2v) is 5.36. The van der Waals surface area contributed by atoms with Gasteiger partial charge in [-0.15, -0.1) is 0 Å². The molecule has 0 fully saturated rings. The number of hydrogen-bond acceptors (Lipinski definition) is 6. The first-order chi connectivity index (χ1) is 13.2. The Morgan fingerprint density at radius 3 is 2.52 bits per heavy atom. The summed E-state index contributed by atoms with van der Waals surface area (Å²) in [6, 6.07) is 13.5. The van der Waals surface area contributed by atoms with Crippen LogP contribution in [0.2, 0.25) is 0 Å². The zero-order chi connectivity index (χ0) is 19.1. The summed E-state index contributed by atoms with van der Waals surface area (Å²) in [6.45, 7) is 1.99. The Morgan fingerprint density at radius 2 is 1.81 bits per heavy atom. The van der Waals surface area contributed by atoms with Gasteiger partial charge < -0.3 is 10.1 Å². The van der Waals surface area contributed by atoms with Gasteiger partial charge in [-0.2, -0.15) is 0 Å². The van der Waals surface area contributed by atoms with Gasteiger partial charge in [-0.05, 0) is 37.3 Å². The van der Waals surface area contributed by atoms with Crippen LogP contribution in [0.4, 0.5) is 16.3 Å². The molecule has 3 rings (SSSR count). The van der Waals surface area contributed by atoms with E-state index in [1.54, 1.807) is 31.2 Å². The zero-order valence-electron chi connectivity index (χ0n) is 14.5. The first kappa shape index (κ1) is 18.0. The van der Waals surface area contributed by atoms with Gasteiger partial charge in [-0.1, -0.05) is 18.2 Å². The summed E-state index contributed by atoms with van der Waals surface area (Å²) in [7, 11) is 0. The third-order valence-corrected chi connectivity index (χ3v) is 3.44. The lowest BCUT2D eigenvalue weighted by molar-refractivity contribution is 0.0519. The molecule has 0 aliphatic heterocycles. The standard InChI is InChI=1S/C19H17N5O3/c1-2-27-18(25)15-10-11-20-17(23-15)13-8-9-16(21-12-13)24-19(26)22-14-6-4-3-5-7-14/h3-12H,2H2,1H3,(H2,21,22,24,26). The monoisotopic (exact) mass is 363 g/mol. The first-order valence-electron chi connectivity index (χ1n) is 8.25. The fraction of sp³-hybridized carbons (Fsp3) is 0.105. The molecule has 8 nitrogen and oxygen atoms in total. The average Bonchev–Trinajstić information content (AvgIpc) is 2.69. The first-order valence-corrected chi connectivity index (χ1v) is 8.25. The van der Waals surface area contributed by atoms with E-state index in [1.807, 2.05) is 18.2 Å². The Hall–Kier alpha value is -3.81. The van der Waals surface area contributed by atoms with Gasteiger partial charge in [-0.25, -0.2) is 24.5 Å². The van der Waals surface area contributed by atoms with Crippen LogP contribution in [-0.4, -0.2) is 33.6 Å². The molecule has 0 aliphatic carbocycles. The van der Waals surface area contributed by atoms with Gasteiger partial charge in [0.05, 0.1) is 6.61 Å². The second-order valence-electron chi connectivity index (χ2n) is 5.36. The number of hydrogen-bond donors (Lipinski definition) is 2. The largest absolute Gasteiger partial charge is 0.461 e. The number of urea groups is 1. The van der Waals surface area contributed by atoms with Gasteiger partial charge in [0.1, 0.15) is 5.82 Å². The van der Waals surface area contributed by atoms with E-state index in [1.165, 1.54) is 18.5 Å². The summed E-state index contributed by atoms with van der Waals surface area (Å²) < 4.78 is 4.93. The van der Waals surface area contributed by atoms with E-state index in [0.29, 0.717) is 22.9 Å². The molecule has 8 heteroatoms. The molecule has 2 heterocycles. The lowest BCUT2D eigenvalue weighted by Gasteiger charge is -2.07. The SMILES string of the molecule is CCOC(=O)c1ccnc(-c2ccc(NC(=O)Nc3ccccc3)nc2)n1. The van der Waals surface area contributed by atoms with Gasteiger partial charge in [0.2, 0.25) is 0 Å². The number of carbonyl (C=O) groups excluding carboxylic acids is 2. The molecule has 0 aliphatic rings. The van der Waals surface area contributed by atoms with Gasteiger partial charge in [-0.3, -0.25) is 5.32 Å². The number of esters is 1. The molecule has 0 radical (unpaired) electrons. The minimum atomic E-state index is -0.509. The number of aromatic nitrogens is 3. The molecule has 3 aromatic rings. The topological polar surface area (TPSA) is 106 Å². The minimum absolute atomic E-state index is 0.172. The van der Waals surface area contributed by atoms with Crippen LogP contribution in [0.1, 0.15) is 17.4 Å². The molecular weight excluding hydrogens is 346 g/mol. The maximum absolute atomic E-state index is 12.0. The van der Waals surface area contributed by atoms with Crippen molar-refractivity contribution in [1.29, 1.82) is 0 Å². The molecule has 136 valence electrons. The summed E-state index contributed by atoms with van der Waals surface area (Å²) >= 11 is 0. The van der Waals surface area contributed by atoms with Crippen molar-refractivity contribution in [2.75, 3.05) is 17.2 Å². The summed E-state index contributed by atoms with van der Waals surface area (Å²) in [5, 5.41) is 5.34. The van der Waals surface area contributed by atoms with E-state index in [4.69, 9.17) is 4.74 Å². The highest BCUT2D eigenvalue weighted by molar-refractivity contribution is 5.99. The molecule has 2 N–H and O–H groups in total. The molecule has 0 atom stereocenters. The van der Waals surface area contributed by atoms with E-state index in [-0.39, 0.29) is 12.3 Å². The molecule has 27 heavy (non-hydrogen) atoms. The van der Waals surface area contributed by atoms with Crippen LogP contribution in [0.25, 0.3) is 11.4 Å². The highest BCUT2D eigenvalue weighted by atomic mass is 16.5. The number of amides is 2. The fourth-order valence-corrected chi connectivity index (χ4v) is 2.22. The van der Waals surface area contributed by atoms with E-state index < -0.39 is 12.0 Å². The summed E-state index contributed by atoms with van der Waals surface area (Å²) in [6.07, 6.45) is 3.00. The Morgan fingerprint density at radius 1 is 1.00 bits per heavy atom. The van der Waals surface area contributed by atoms with Crippen molar-refractivity contribution in [2.45, 2.75) is 6.92 Å². The van der Waals surface area contributed by atoms with Gasteiger partial charge >= 0.3 is 12.0 Å². The number of para-hydroxylation sites is 1. The molecule has 0 unspecified atom stereocenters. The van der Waals surface area contributed by atoms with Crippen LogP contribution in [0.15, 0.2) is 60.9 Å². The number of rotatable bonds is 5. The van der Waals surface area contributed by atoms with E-state index in [2.05, 4.69) is 25.6 Å². The quantitative estimate of drug-likeness (QED) is 0.673. The van der Waals surface area contributed by atoms with Crippen molar-refractivity contribution in [1.82, 2.24) is 15.0 Å². The molecule has 2 amide bonds. The van der Waals surface area contributed by atoms with Crippen LogP contribution >= 0.6 is 0 Å². The summed E-state index contributed by atoms with van der Waals surface area (Å²) in [4.78, 5) is 36.3. The lowest BCUT2D eigenvalue weighted by Crippen LogP contribution is -2.19. The smallest absolute Gasteiger partial charge is 0.357 e. The van der Waals surface area contributed by atoms with Crippen LogP contribution in [0, 0.1) is 0 Å². The molecule has 0 saturated carbocycles. The molecule has 0 spiro atoms. The zero-order valence-corrected chi connectivity index (χ0v) is 14.5. The van der Waals surface area contributed by atoms with E-state index >= 15 is 0 Å². The van der Waals surface area contributed by atoms with Gasteiger partial charge in [0.15, 0.2) is 11.5 Å². The average molecular weight is 363 g/mol. The highest BCUT2D eigenvalue weighted by Crippen LogP contribution is 2.16. The minimum Gasteiger partial charge on any atom is -0.461 e. The highest BCUT2D eigenvalue weighted by Gasteiger charge is 2.11. The van der Waals surface area contributed by atoms with Gasteiger partial charge in [0, 0.05) is 23.6 Å². The number of pyridine rings is 1. The number of carbonyl (C=O) groups is 2. The number of nitrogens with one attached hydrogen (secondary N) is 2. The van der Waals surface area contributed by atoms with Crippen molar-refractivity contribution in [3.8, 4) is 11.4 Å². The lowest BCUT2D eigenvalue weighted by atomic mass is 10.2. The Bertz CT molecular complexity index is 930. The van der Waals surface area contributed by atoms with Crippen molar-refractivity contribution >= 4 is 23.5 Å². The second kappa shape index (κ2) is 8.52. The molecular formula is C19H17N5O3. The van der Waals surface area contributed by atoms with E-state index in [0.717, 1.165) is 0 Å². The predicted molar refractivity (Wildman–Crippen MR) is 100 cm³/mol. The number of benzene rings is 1. The normalized spacial score (nSPS) is 10.1. The van der Waals surface area contributed by atoms with Crippen LogP contribution in [0.5, 0.6) is 0 Å². The summed E-state index contributed by atoms with van der Waals surface area (Å²) in [5.74, 6) is 0.201. The fourth-order valence-electron chi connectivity index (χ4n) is 2.22. The van der Waals surface area contributed by atoms with Crippen molar-refractivity contribution in [3.63, 3.8) is 0 Å². The Labute approximate surface area is 155 Å². The van der Waals surface area contributed by atoms with Gasteiger partial charge in [0.25, 0.3) is 0 Å². The molecule has 1 aromatic carbocycles. The van der Waals surface area contributed by atoms with Crippen LogP contribution in [0.3, 0.4) is 0 Å². The Balaban J connectivity index is 1.67. The number of nitrogens with zero attached hydrogens (tertiary/aromatic N) is 3. The van der Waals surface area contributed by atoms with Crippen LogP contribution < -0.4 is 10.6 Å². The van der Waals surface area contributed by atoms with Crippen molar-refractivity contribution in [3.05, 3.63) is 66.6 Å². The molecule has 0 bridgehead atoms. The maximum Gasteiger partial charge on any atom is 0.357 e. The van der Waals surface area contributed by atoms with Crippen molar-refractivity contribution < 1.29 is 14.3 Å². The summed E-state index contributed by atoms with van der Waals surface area (Å²) in [5.41, 5.74) is 1.46. The van der Waals surface area contributed by atoms with Crippen LogP contribution in [-0.2, 0) is 4.74 Å². The third kappa shape index (κ3) is 4.85. The van der Waals surface area contributed by atoms with E-state index in [9.17, 15) is 9.59 Å². The Kier molecular flexibility index (Phi) is 5.68. The maximum atomic E-state index is 12.0. The van der Waals surface area contributed by atoms with Crippen molar-refractivity contribution in [2.24, 2.45) is 0 Å². The number of anilines is 2. The third-order valence-electron chi connectivity index (χ3n) is 3.44.